The highest BCUT2D eigenvalue weighted by Gasteiger charge is 2.07. The molecule has 5 nitrogen and oxygen atoms in total. The smallest absolute Gasteiger partial charge is 0.208 e. The van der Waals surface area contributed by atoms with Gasteiger partial charge in [0, 0.05) is 16.9 Å². The summed E-state index contributed by atoms with van der Waals surface area (Å²) in [6.07, 6.45) is 0.824. The average molecular weight is 263 g/mol. The number of hydrogen-bond donors (Lipinski definition) is 1. The minimum Gasteiger partial charge on any atom is -0.496 e. The van der Waals surface area contributed by atoms with E-state index in [0.717, 1.165) is 23.4 Å². The molecule has 2 aromatic rings. The number of benzene rings is 1. The molecule has 0 bridgehead atoms. The van der Waals surface area contributed by atoms with Crippen molar-refractivity contribution in [2.24, 2.45) is 0 Å². The van der Waals surface area contributed by atoms with E-state index in [1.165, 1.54) is 11.8 Å². The Kier molecular flexibility index (Phi) is 3.99. The molecule has 0 amide bonds. The lowest BCUT2D eigenvalue weighted by molar-refractivity contribution is 0.112. The lowest BCUT2D eigenvalue weighted by atomic mass is 10.1. The number of H-pyrrole nitrogens is 1. The average Bonchev–Trinajstić information content (AvgIpc) is 2.81. The van der Waals surface area contributed by atoms with Gasteiger partial charge in [-0.15, -0.1) is 5.10 Å². The van der Waals surface area contributed by atoms with Crippen LogP contribution in [0.15, 0.2) is 23.4 Å². The number of methoxy groups -OCH3 is 1. The Bertz CT molecular complexity index is 554. The van der Waals surface area contributed by atoms with Gasteiger partial charge in [-0.3, -0.25) is 9.89 Å². The molecule has 0 fully saturated rings. The van der Waals surface area contributed by atoms with Gasteiger partial charge in [0.2, 0.25) is 5.16 Å². The van der Waals surface area contributed by atoms with Crippen LogP contribution in [0.25, 0.3) is 0 Å². The van der Waals surface area contributed by atoms with Crippen LogP contribution in [0.3, 0.4) is 0 Å². The van der Waals surface area contributed by atoms with Gasteiger partial charge in [0.25, 0.3) is 0 Å². The van der Waals surface area contributed by atoms with E-state index in [2.05, 4.69) is 15.2 Å². The molecule has 0 saturated carbocycles. The number of carbonyl (C=O) groups is 1. The van der Waals surface area contributed by atoms with Crippen LogP contribution in [0.4, 0.5) is 0 Å². The minimum absolute atomic E-state index is 0.637. The molecule has 0 spiro atoms. The largest absolute Gasteiger partial charge is 0.496 e. The molecule has 0 aliphatic carbocycles. The predicted octanol–water partition coefficient (Wildman–Crippen LogP) is 2.23. The SMILES string of the molecule is COc1ccc(C=O)cc1CSc1n[nH]c(C)n1. The Hall–Kier alpha value is -1.82. The van der Waals surface area contributed by atoms with E-state index < -0.39 is 0 Å². The Labute approximate surface area is 109 Å². The standard InChI is InChI=1S/C12H13N3O2S/c1-8-13-12(15-14-8)18-7-10-5-9(6-16)3-4-11(10)17-2/h3-6H,7H2,1-2H3,(H,13,14,15). The number of thioether (sulfide) groups is 1. The van der Waals surface area contributed by atoms with Crippen molar-refractivity contribution in [3.05, 3.63) is 35.2 Å². The van der Waals surface area contributed by atoms with E-state index in [1.807, 2.05) is 13.0 Å². The van der Waals surface area contributed by atoms with E-state index in [9.17, 15) is 4.79 Å². The molecule has 1 aromatic heterocycles. The molecule has 6 heteroatoms. The monoisotopic (exact) mass is 263 g/mol. The van der Waals surface area contributed by atoms with E-state index in [0.29, 0.717) is 16.5 Å². The fourth-order valence-corrected chi connectivity index (χ4v) is 2.34. The number of aromatic nitrogens is 3. The summed E-state index contributed by atoms with van der Waals surface area (Å²) in [4.78, 5) is 15.0. The first-order chi connectivity index (χ1) is 8.72. The number of carbonyl (C=O) groups excluding carboxylic acids is 1. The van der Waals surface area contributed by atoms with Gasteiger partial charge in [-0.25, -0.2) is 4.98 Å². The van der Waals surface area contributed by atoms with Crippen LogP contribution in [0.5, 0.6) is 5.75 Å². The fourth-order valence-electron chi connectivity index (χ4n) is 1.51. The maximum absolute atomic E-state index is 10.8. The highest BCUT2D eigenvalue weighted by atomic mass is 32.2. The third-order valence-corrected chi connectivity index (χ3v) is 3.27. The maximum atomic E-state index is 10.8. The van der Waals surface area contributed by atoms with Gasteiger partial charge in [0.05, 0.1) is 7.11 Å². The number of nitrogens with one attached hydrogen (secondary N) is 1. The number of aromatic amines is 1. The van der Waals surface area contributed by atoms with Crippen molar-refractivity contribution in [3.63, 3.8) is 0 Å². The van der Waals surface area contributed by atoms with Crippen LogP contribution in [0, 0.1) is 6.92 Å². The summed E-state index contributed by atoms with van der Waals surface area (Å²) in [5.41, 5.74) is 1.59. The molecule has 0 radical (unpaired) electrons. The molecule has 0 aliphatic heterocycles. The number of aldehydes is 1. The normalized spacial score (nSPS) is 10.3. The molecule has 0 unspecified atom stereocenters. The van der Waals surface area contributed by atoms with Crippen LogP contribution in [0.2, 0.25) is 0 Å². The zero-order valence-corrected chi connectivity index (χ0v) is 11.0. The van der Waals surface area contributed by atoms with Crippen LogP contribution in [0.1, 0.15) is 21.7 Å². The van der Waals surface area contributed by atoms with Gasteiger partial charge in [-0.2, -0.15) is 0 Å². The second-order valence-electron chi connectivity index (χ2n) is 3.68. The first-order valence-electron chi connectivity index (χ1n) is 5.37. The van der Waals surface area contributed by atoms with Gasteiger partial charge in [0.15, 0.2) is 0 Å². The van der Waals surface area contributed by atoms with Gasteiger partial charge >= 0.3 is 0 Å². The number of rotatable bonds is 5. The molecule has 1 heterocycles. The van der Waals surface area contributed by atoms with Crippen LogP contribution < -0.4 is 4.74 Å². The molecule has 0 saturated heterocycles. The Morgan fingerprint density at radius 1 is 1.50 bits per heavy atom. The predicted molar refractivity (Wildman–Crippen MR) is 69.1 cm³/mol. The Balaban J connectivity index is 2.14. The Morgan fingerprint density at radius 3 is 2.94 bits per heavy atom. The van der Waals surface area contributed by atoms with Crippen molar-refractivity contribution in [1.82, 2.24) is 15.2 Å². The Morgan fingerprint density at radius 2 is 2.33 bits per heavy atom. The minimum atomic E-state index is 0.637. The van der Waals surface area contributed by atoms with Crippen molar-refractivity contribution < 1.29 is 9.53 Å². The molecule has 1 N–H and O–H groups in total. The van der Waals surface area contributed by atoms with Crippen molar-refractivity contribution in [3.8, 4) is 5.75 Å². The number of nitrogens with zero attached hydrogens (tertiary/aromatic N) is 2. The molecule has 2 rings (SSSR count). The highest BCUT2D eigenvalue weighted by molar-refractivity contribution is 7.98. The zero-order valence-electron chi connectivity index (χ0n) is 10.1. The van der Waals surface area contributed by atoms with Crippen molar-refractivity contribution >= 4 is 18.0 Å². The molecule has 18 heavy (non-hydrogen) atoms. The second-order valence-corrected chi connectivity index (χ2v) is 4.62. The quantitative estimate of drug-likeness (QED) is 0.661. The molecular weight excluding hydrogens is 250 g/mol. The zero-order chi connectivity index (χ0) is 13.0. The molecule has 0 aliphatic rings. The maximum Gasteiger partial charge on any atom is 0.208 e. The van der Waals surface area contributed by atoms with Crippen LogP contribution in [-0.2, 0) is 5.75 Å². The molecular formula is C12H13N3O2S. The number of hydrogen-bond acceptors (Lipinski definition) is 5. The first kappa shape index (κ1) is 12.6. The lowest BCUT2D eigenvalue weighted by Gasteiger charge is -2.07. The van der Waals surface area contributed by atoms with Gasteiger partial charge < -0.3 is 4.74 Å². The highest BCUT2D eigenvalue weighted by Crippen LogP contribution is 2.26. The summed E-state index contributed by atoms with van der Waals surface area (Å²) in [7, 11) is 1.61. The lowest BCUT2D eigenvalue weighted by Crippen LogP contribution is -1.93. The van der Waals surface area contributed by atoms with Gasteiger partial charge in [-0.05, 0) is 25.1 Å². The van der Waals surface area contributed by atoms with Crippen LogP contribution >= 0.6 is 11.8 Å². The molecule has 94 valence electrons. The van der Waals surface area contributed by atoms with Crippen molar-refractivity contribution in [2.45, 2.75) is 17.8 Å². The van der Waals surface area contributed by atoms with Crippen molar-refractivity contribution in [2.75, 3.05) is 7.11 Å². The molecule has 1 aromatic carbocycles. The fraction of sp³-hybridized carbons (Fsp3) is 0.250. The summed E-state index contributed by atoms with van der Waals surface area (Å²) in [5.74, 6) is 2.20. The first-order valence-corrected chi connectivity index (χ1v) is 6.35. The number of aryl methyl sites for hydroxylation is 1. The van der Waals surface area contributed by atoms with E-state index in [-0.39, 0.29) is 0 Å². The van der Waals surface area contributed by atoms with E-state index in [1.54, 1.807) is 19.2 Å². The number of ether oxygens (including phenoxy) is 1. The topological polar surface area (TPSA) is 67.9 Å². The third-order valence-electron chi connectivity index (χ3n) is 2.37. The second kappa shape index (κ2) is 5.68. The van der Waals surface area contributed by atoms with Crippen molar-refractivity contribution in [1.29, 1.82) is 0 Å². The van der Waals surface area contributed by atoms with Gasteiger partial charge in [-0.1, -0.05) is 11.8 Å². The van der Waals surface area contributed by atoms with E-state index in [4.69, 9.17) is 4.74 Å². The summed E-state index contributed by atoms with van der Waals surface area (Å²) >= 11 is 1.49. The summed E-state index contributed by atoms with van der Waals surface area (Å²) in [5, 5.41) is 7.52. The summed E-state index contributed by atoms with van der Waals surface area (Å²) in [6.45, 7) is 1.85. The van der Waals surface area contributed by atoms with Gasteiger partial charge in [0.1, 0.15) is 17.9 Å². The summed E-state index contributed by atoms with van der Waals surface area (Å²) < 4.78 is 5.26. The van der Waals surface area contributed by atoms with Crippen LogP contribution in [-0.4, -0.2) is 28.6 Å². The molecule has 0 atom stereocenters. The van der Waals surface area contributed by atoms with E-state index >= 15 is 0 Å². The summed E-state index contributed by atoms with van der Waals surface area (Å²) in [6, 6.07) is 5.35. The third kappa shape index (κ3) is 2.89.